The van der Waals surface area contributed by atoms with Gasteiger partial charge in [0, 0.05) is 13.5 Å². The lowest BCUT2D eigenvalue weighted by Crippen LogP contribution is -2.12. The van der Waals surface area contributed by atoms with E-state index in [9.17, 15) is 4.79 Å². The lowest BCUT2D eigenvalue weighted by atomic mass is 10.3. The van der Waals surface area contributed by atoms with Crippen LogP contribution in [0.5, 0.6) is 5.88 Å². The van der Waals surface area contributed by atoms with Crippen LogP contribution < -0.4 is 10.1 Å². The summed E-state index contributed by atoms with van der Waals surface area (Å²) in [5.41, 5.74) is 0.970. The molecular formula is C13H15ClN4O3. The monoisotopic (exact) mass is 310 g/mol. The van der Waals surface area contributed by atoms with E-state index in [4.69, 9.17) is 21.1 Å². The van der Waals surface area contributed by atoms with Gasteiger partial charge < -0.3 is 9.47 Å². The Morgan fingerprint density at radius 1 is 1.29 bits per heavy atom. The van der Waals surface area contributed by atoms with Crippen molar-refractivity contribution in [2.75, 3.05) is 25.1 Å². The number of rotatable bonds is 6. The van der Waals surface area contributed by atoms with Crippen molar-refractivity contribution in [3.8, 4) is 5.88 Å². The smallest absolute Gasteiger partial charge is 0.245 e. The van der Waals surface area contributed by atoms with Crippen molar-refractivity contribution in [3.63, 3.8) is 0 Å². The van der Waals surface area contributed by atoms with Gasteiger partial charge in [0.25, 0.3) is 0 Å². The van der Waals surface area contributed by atoms with Gasteiger partial charge >= 0.3 is 0 Å². The molecule has 1 amide bonds. The van der Waals surface area contributed by atoms with Crippen LogP contribution in [0.2, 0.25) is 5.15 Å². The first kappa shape index (κ1) is 15.4. The summed E-state index contributed by atoms with van der Waals surface area (Å²) in [6.45, 7) is 4.63. The minimum Gasteiger partial charge on any atom is -0.474 e. The van der Waals surface area contributed by atoms with E-state index in [1.807, 2.05) is 6.92 Å². The Balaban J connectivity index is 2.33. The molecule has 2 aromatic rings. The third kappa shape index (κ3) is 4.24. The summed E-state index contributed by atoms with van der Waals surface area (Å²) in [5.74, 6) is 0.146. The van der Waals surface area contributed by atoms with Crippen LogP contribution in [0.4, 0.5) is 5.95 Å². The second kappa shape index (κ2) is 7.14. The minimum absolute atomic E-state index is 0.158. The highest BCUT2D eigenvalue weighted by atomic mass is 35.5. The second-order valence-corrected chi connectivity index (χ2v) is 4.47. The summed E-state index contributed by atoms with van der Waals surface area (Å²) in [5, 5.41) is 2.83. The maximum atomic E-state index is 11.1. The van der Waals surface area contributed by atoms with E-state index in [1.165, 1.54) is 6.92 Å². The van der Waals surface area contributed by atoms with Gasteiger partial charge in [0.1, 0.15) is 11.8 Å². The van der Waals surface area contributed by atoms with Crippen LogP contribution in [0, 0.1) is 0 Å². The summed E-state index contributed by atoms with van der Waals surface area (Å²) in [6.07, 6.45) is 0. The number of ether oxygens (including phenoxy) is 2. The molecule has 8 heteroatoms. The number of carbonyl (C=O) groups is 1. The summed E-state index contributed by atoms with van der Waals surface area (Å²) < 4.78 is 10.8. The second-order valence-electron chi connectivity index (χ2n) is 4.08. The summed E-state index contributed by atoms with van der Waals surface area (Å²) >= 11 is 5.88. The molecule has 0 aliphatic heterocycles. The zero-order chi connectivity index (χ0) is 15.2. The molecule has 0 aliphatic rings. The molecule has 0 unspecified atom stereocenters. The van der Waals surface area contributed by atoms with E-state index < -0.39 is 0 Å². The van der Waals surface area contributed by atoms with Crippen LogP contribution in [-0.2, 0) is 9.53 Å². The molecule has 0 aromatic carbocycles. The highest BCUT2D eigenvalue weighted by Gasteiger charge is 2.12. The van der Waals surface area contributed by atoms with Gasteiger partial charge in [-0.2, -0.15) is 4.98 Å². The molecule has 112 valence electrons. The van der Waals surface area contributed by atoms with Gasteiger partial charge in [0.15, 0.2) is 5.52 Å². The largest absolute Gasteiger partial charge is 0.474 e. The molecular weight excluding hydrogens is 296 g/mol. The lowest BCUT2D eigenvalue weighted by molar-refractivity contribution is -0.114. The van der Waals surface area contributed by atoms with Gasteiger partial charge in [-0.25, -0.2) is 9.97 Å². The van der Waals surface area contributed by atoms with Gasteiger partial charge in [-0.15, -0.1) is 0 Å². The number of aromatic nitrogens is 3. The van der Waals surface area contributed by atoms with Crippen LogP contribution in [-0.4, -0.2) is 40.7 Å². The van der Waals surface area contributed by atoms with E-state index in [1.54, 1.807) is 12.1 Å². The van der Waals surface area contributed by atoms with Crippen LogP contribution in [0.3, 0.4) is 0 Å². The number of amides is 1. The summed E-state index contributed by atoms with van der Waals surface area (Å²) in [7, 11) is 0. The Bertz CT molecular complexity index is 651. The summed E-state index contributed by atoms with van der Waals surface area (Å²) in [6, 6.07) is 3.30. The number of nitrogens with zero attached hydrogens (tertiary/aromatic N) is 3. The van der Waals surface area contributed by atoms with E-state index >= 15 is 0 Å². The lowest BCUT2D eigenvalue weighted by Gasteiger charge is -2.09. The van der Waals surface area contributed by atoms with E-state index in [-0.39, 0.29) is 17.7 Å². The first-order chi connectivity index (χ1) is 10.1. The molecule has 21 heavy (non-hydrogen) atoms. The fraction of sp³-hybridized carbons (Fsp3) is 0.385. The van der Waals surface area contributed by atoms with Gasteiger partial charge in [-0.1, -0.05) is 11.6 Å². The standard InChI is InChI=1S/C13H15ClN4O3/c1-3-20-6-7-21-12-11-9(4-5-10(14)17-11)16-13(18-12)15-8(2)19/h4-5H,3,6-7H2,1-2H3,(H,15,16,18,19). The predicted octanol–water partition coefficient (Wildman–Crippen LogP) is 2.05. The number of hydrogen-bond donors (Lipinski definition) is 1. The number of hydrogen-bond acceptors (Lipinski definition) is 6. The minimum atomic E-state index is -0.267. The molecule has 0 atom stereocenters. The van der Waals surface area contributed by atoms with Crippen LogP contribution >= 0.6 is 11.6 Å². The van der Waals surface area contributed by atoms with Crippen molar-refractivity contribution in [2.45, 2.75) is 13.8 Å². The van der Waals surface area contributed by atoms with Gasteiger partial charge in [0.2, 0.25) is 17.7 Å². The van der Waals surface area contributed by atoms with Gasteiger partial charge in [-0.3, -0.25) is 10.1 Å². The van der Waals surface area contributed by atoms with Crippen molar-refractivity contribution < 1.29 is 14.3 Å². The Morgan fingerprint density at radius 2 is 2.10 bits per heavy atom. The zero-order valence-corrected chi connectivity index (χ0v) is 12.5. The fourth-order valence-corrected chi connectivity index (χ4v) is 1.77. The van der Waals surface area contributed by atoms with Gasteiger partial charge in [-0.05, 0) is 19.1 Å². The number of halogens is 1. The van der Waals surface area contributed by atoms with Crippen LogP contribution in [0.25, 0.3) is 11.0 Å². The van der Waals surface area contributed by atoms with Crippen LogP contribution in [0.15, 0.2) is 12.1 Å². The zero-order valence-electron chi connectivity index (χ0n) is 11.7. The van der Waals surface area contributed by atoms with Gasteiger partial charge in [0.05, 0.1) is 12.1 Å². The Kier molecular flexibility index (Phi) is 5.24. The predicted molar refractivity (Wildman–Crippen MR) is 78.6 cm³/mol. The van der Waals surface area contributed by atoms with Crippen molar-refractivity contribution >= 4 is 34.5 Å². The first-order valence-electron chi connectivity index (χ1n) is 6.42. The number of fused-ring (bicyclic) bond motifs is 1. The first-order valence-corrected chi connectivity index (χ1v) is 6.80. The molecule has 1 N–H and O–H groups in total. The van der Waals surface area contributed by atoms with Crippen LogP contribution in [0.1, 0.15) is 13.8 Å². The highest BCUT2D eigenvalue weighted by Crippen LogP contribution is 2.24. The maximum absolute atomic E-state index is 11.1. The fourth-order valence-electron chi connectivity index (χ4n) is 1.62. The van der Waals surface area contributed by atoms with E-state index in [2.05, 4.69) is 20.3 Å². The Labute approximate surface area is 126 Å². The third-order valence-corrected chi connectivity index (χ3v) is 2.65. The van der Waals surface area contributed by atoms with Crippen molar-refractivity contribution in [1.82, 2.24) is 15.0 Å². The molecule has 0 saturated carbocycles. The van der Waals surface area contributed by atoms with Crippen molar-refractivity contribution in [1.29, 1.82) is 0 Å². The van der Waals surface area contributed by atoms with E-state index in [0.717, 1.165) is 0 Å². The molecule has 0 saturated heterocycles. The van der Waals surface area contributed by atoms with Crippen molar-refractivity contribution in [3.05, 3.63) is 17.3 Å². The van der Waals surface area contributed by atoms with Crippen molar-refractivity contribution in [2.24, 2.45) is 0 Å². The topological polar surface area (TPSA) is 86.2 Å². The Morgan fingerprint density at radius 3 is 2.81 bits per heavy atom. The number of carbonyl (C=O) groups excluding carboxylic acids is 1. The molecule has 2 aromatic heterocycles. The normalized spacial score (nSPS) is 10.6. The Hall–Kier alpha value is -1.99. The molecule has 0 aliphatic carbocycles. The maximum Gasteiger partial charge on any atom is 0.245 e. The molecule has 0 fully saturated rings. The number of nitrogens with one attached hydrogen (secondary N) is 1. The third-order valence-electron chi connectivity index (χ3n) is 2.43. The summed E-state index contributed by atoms with van der Waals surface area (Å²) in [4.78, 5) is 23.6. The number of anilines is 1. The SMILES string of the molecule is CCOCCOc1nc(NC(C)=O)nc2ccc(Cl)nc12. The highest BCUT2D eigenvalue weighted by molar-refractivity contribution is 6.29. The average Bonchev–Trinajstić information content (AvgIpc) is 2.43. The quantitative estimate of drug-likeness (QED) is 0.649. The molecule has 2 heterocycles. The molecule has 0 bridgehead atoms. The number of pyridine rings is 1. The average molecular weight is 311 g/mol. The molecule has 0 radical (unpaired) electrons. The molecule has 2 rings (SSSR count). The van der Waals surface area contributed by atoms with E-state index in [0.29, 0.717) is 36.0 Å². The molecule has 0 spiro atoms. The molecule has 7 nitrogen and oxygen atoms in total.